The van der Waals surface area contributed by atoms with Gasteiger partial charge in [-0.15, -0.1) is 11.3 Å². The van der Waals surface area contributed by atoms with Gasteiger partial charge in [-0.2, -0.15) is 0 Å². The van der Waals surface area contributed by atoms with Gasteiger partial charge in [0.2, 0.25) is 5.91 Å². The molecule has 0 radical (unpaired) electrons. The van der Waals surface area contributed by atoms with Crippen molar-refractivity contribution in [1.82, 2.24) is 4.98 Å². The summed E-state index contributed by atoms with van der Waals surface area (Å²) >= 11 is 6.83. The van der Waals surface area contributed by atoms with Crippen LogP contribution in [0.15, 0.2) is 52.7 Å². The van der Waals surface area contributed by atoms with Gasteiger partial charge in [-0.05, 0) is 43.7 Å². The lowest BCUT2D eigenvalue weighted by molar-refractivity contribution is -0.116. The number of benzene rings is 2. The number of anilines is 2. The number of aryl methyl sites for hydroxylation is 2. The molecule has 0 saturated heterocycles. The summed E-state index contributed by atoms with van der Waals surface area (Å²) in [5, 5.41) is 4.47. The third-order valence-corrected chi connectivity index (χ3v) is 6.50. The second-order valence-electron chi connectivity index (χ2n) is 6.24. The fourth-order valence-electron chi connectivity index (χ4n) is 2.40. The van der Waals surface area contributed by atoms with Crippen molar-refractivity contribution in [3.05, 3.63) is 69.9 Å². The number of thiazole rings is 1. The summed E-state index contributed by atoms with van der Waals surface area (Å²) in [6.45, 7) is 1.87. The number of halogens is 2. The highest BCUT2D eigenvalue weighted by molar-refractivity contribution is 7.93. The van der Waals surface area contributed by atoms with E-state index in [-0.39, 0.29) is 27.4 Å². The number of carbonyl (C=O) groups excluding carboxylic acids is 1. The first kappa shape index (κ1) is 21.2. The molecule has 2 N–H and O–H groups in total. The summed E-state index contributed by atoms with van der Waals surface area (Å²) in [6, 6.07) is 10.4. The number of carbonyl (C=O) groups is 1. The molecule has 29 heavy (non-hydrogen) atoms. The van der Waals surface area contributed by atoms with Crippen molar-refractivity contribution in [2.24, 2.45) is 0 Å². The normalized spacial score (nSPS) is 11.3. The van der Waals surface area contributed by atoms with E-state index in [4.69, 9.17) is 11.6 Å². The standard InChI is InChI=1S/C19H17ClFN3O3S2/c1-12-2-6-15(7-3-12)29(26,27)24-19-23-14(11-28-19)5-9-18(25)22-13-4-8-17(21)16(20)10-13/h2-4,6-8,10-11H,5,9H2,1H3,(H,22,25)(H,23,24). The fourth-order valence-corrected chi connectivity index (χ4v) is 4.58. The lowest BCUT2D eigenvalue weighted by Gasteiger charge is -2.06. The Labute approximate surface area is 176 Å². The zero-order chi connectivity index (χ0) is 21.0. The highest BCUT2D eigenvalue weighted by Gasteiger charge is 2.16. The molecule has 10 heteroatoms. The summed E-state index contributed by atoms with van der Waals surface area (Å²) in [4.78, 5) is 16.4. The molecule has 0 aliphatic carbocycles. The number of nitrogens with zero attached hydrogens (tertiary/aromatic N) is 1. The Bertz CT molecular complexity index is 1130. The van der Waals surface area contributed by atoms with Crippen LogP contribution in [0, 0.1) is 12.7 Å². The largest absolute Gasteiger partial charge is 0.326 e. The highest BCUT2D eigenvalue weighted by atomic mass is 35.5. The second kappa shape index (κ2) is 8.89. The van der Waals surface area contributed by atoms with Crippen molar-refractivity contribution in [3.63, 3.8) is 0 Å². The average molecular weight is 454 g/mol. The zero-order valence-electron chi connectivity index (χ0n) is 15.3. The van der Waals surface area contributed by atoms with Gasteiger partial charge < -0.3 is 5.32 Å². The first-order valence-electron chi connectivity index (χ1n) is 8.52. The van der Waals surface area contributed by atoms with Crippen LogP contribution in [0.25, 0.3) is 0 Å². The van der Waals surface area contributed by atoms with Crippen LogP contribution in [0.2, 0.25) is 5.02 Å². The predicted molar refractivity (Wildman–Crippen MR) is 112 cm³/mol. The van der Waals surface area contributed by atoms with E-state index in [1.54, 1.807) is 17.5 Å². The van der Waals surface area contributed by atoms with Gasteiger partial charge in [0.1, 0.15) is 5.82 Å². The van der Waals surface area contributed by atoms with Gasteiger partial charge in [0, 0.05) is 17.5 Å². The quantitative estimate of drug-likeness (QED) is 0.546. The Balaban J connectivity index is 1.56. The maximum absolute atomic E-state index is 13.2. The van der Waals surface area contributed by atoms with E-state index in [1.807, 2.05) is 6.92 Å². The van der Waals surface area contributed by atoms with Crippen molar-refractivity contribution in [1.29, 1.82) is 0 Å². The molecular formula is C19H17ClFN3O3S2. The third kappa shape index (κ3) is 5.75. The minimum atomic E-state index is -3.72. The van der Waals surface area contributed by atoms with Gasteiger partial charge in [-0.1, -0.05) is 29.3 Å². The molecule has 1 heterocycles. The predicted octanol–water partition coefficient (Wildman–Crippen LogP) is 4.62. The fraction of sp³-hybridized carbons (Fsp3) is 0.158. The summed E-state index contributed by atoms with van der Waals surface area (Å²) in [7, 11) is -3.72. The Morgan fingerprint density at radius 3 is 2.62 bits per heavy atom. The lowest BCUT2D eigenvalue weighted by Crippen LogP contribution is -2.13. The number of hydrogen-bond acceptors (Lipinski definition) is 5. The molecule has 0 saturated carbocycles. The highest BCUT2D eigenvalue weighted by Crippen LogP contribution is 2.22. The van der Waals surface area contributed by atoms with E-state index in [0.29, 0.717) is 17.8 Å². The van der Waals surface area contributed by atoms with Crippen molar-refractivity contribution in [3.8, 4) is 0 Å². The minimum absolute atomic E-state index is 0.0761. The molecular weight excluding hydrogens is 437 g/mol. The zero-order valence-corrected chi connectivity index (χ0v) is 17.7. The van der Waals surface area contributed by atoms with Gasteiger partial charge >= 0.3 is 0 Å². The molecule has 1 amide bonds. The van der Waals surface area contributed by atoms with Crippen molar-refractivity contribution in [2.75, 3.05) is 10.0 Å². The molecule has 0 aliphatic heterocycles. The maximum Gasteiger partial charge on any atom is 0.263 e. The number of nitrogens with one attached hydrogen (secondary N) is 2. The van der Waals surface area contributed by atoms with E-state index in [2.05, 4.69) is 15.0 Å². The van der Waals surface area contributed by atoms with Crippen molar-refractivity contribution in [2.45, 2.75) is 24.7 Å². The van der Waals surface area contributed by atoms with Gasteiger partial charge in [0.05, 0.1) is 15.6 Å². The summed E-state index contributed by atoms with van der Waals surface area (Å²) in [5.41, 5.74) is 1.94. The molecule has 1 aromatic heterocycles. The summed E-state index contributed by atoms with van der Waals surface area (Å²) in [6.07, 6.45) is 0.451. The molecule has 0 spiro atoms. The molecule has 152 valence electrons. The van der Waals surface area contributed by atoms with Crippen LogP contribution in [-0.4, -0.2) is 19.3 Å². The number of hydrogen-bond donors (Lipinski definition) is 2. The van der Waals surface area contributed by atoms with E-state index < -0.39 is 15.8 Å². The smallest absolute Gasteiger partial charge is 0.263 e. The Hall–Kier alpha value is -2.49. The molecule has 3 aromatic rings. The van der Waals surface area contributed by atoms with Crippen LogP contribution in [0.3, 0.4) is 0 Å². The minimum Gasteiger partial charge on any atom is -0.326 e. The second-order valence-corrected chi connectivity index (χ2v) is 9.19. The molecule has 3 rings (SSSR count). The van der Waals surface area contributed by atoms with Crippen molar-refractivity contribution >= 4 is 49.7 Å². The Morgan fingerprint density at radius 1 is 1.21 bits per heavy atom. The lowest BCUT2D eigenvalue weighted by atomic mass is 10.2. The summed E-state index contributed by atoms with van der Waals surface area (Å²) in [5.74, 6) is -0.852. The van der Waals surface area contributed by atoms with Crippen LogP contribution in [-0.2, 0) is 21.2 Å². The number of amides is 1. The van der Waals surface area contributed by atoms with E-state index in [0.717, 1.165) is 16.9 Å². The van der Waals surface area contributed by atoms with E-state index in [9.17, 15) is 17.6 Å². The van der Waals surface area contributed by atoms with Gasteiger partial charge in [0.25, 0.3) is 10.0 Å². The number of rotatable bonds is 7. The molecule has 0 unspecified atom stereocenters. The number of aromatic nitrogens is 1. The molecule has 2 aromatic carbocycles. The average Bonchev–Trinajstić information content (AvgIpc) is 3.10. The molecule has 6 nitrogen and oxygen atoms in total. The Kier molecular flexibility index (Phi) is 6.51. The third-order valence-electron chi connectivity index (χ3n) is 3.92. The molecule has 0 aliphatic rings. The monoisotopic (exact) mass is 453 g/mol. The van der Waals surface area contributed by atoms with Crippen molar-refractivity contribution < 1.29 is 17.6 Å². The topological polar surface area (TPSA) is 88.2 Å². The SMILES string of the molecule is Cc1ccc(S(=O)(=O)Nc2nc(CCC(=O)Nc3ccc(F)c(Cl)c3)cs2)cc1. The summed E-state index contributed by atoms with van der Waals surface area (Å²) < 4.78 is 40.4. The van der Waals surface area contributed by atoms with Gasteiger partial charge in [-0.3, -0.25) is 9.52 Å². The molecule has 0 atom stereocenters. The van der Waals surface area contributed by atoms with Gasteiger partial charge in [0.15, 0.2) is 5.13 Å². The first-order chi connectivity index (χ1) is 13.7. The maximum atomic E-state index is 13.2. The number of sulfonamides is 1. The van der Waals surface area contributed by atoms with Crippen LogP contribution < -0.4 is 10.0 Å². The van der Waals surface area contributed by atoms with Crippen LogP contribution >= 0.6 is 22.9 Å². The van der Waals surface area contributed by atoms with Crippen LogP contribution in [0.5, 0.6) is 0 Å². The first-order valence-corrected chi connectivity index (χ1v) is 11.3. The van der Waals surface area contributed by atoms with Crippen LogP contribution in [0.4, 0.5) is 15.2 Å². The van der Waals surface area contributed by atoms with E-state index >= 15 is 0 Å². The van der Waals surface area contributed by atoms with Gasteiger partial charge in [-0.25, -0.2) is 17.8 Å². The molecule has 0 fully saturated rings. The molecule has 0 bridgehead atoms. The van der Waals surface area contributed by atoms with Crippen LogP contribution in [0.1, 0.15) is 17.7 Å². The van der Waals surface area contributed by atoms with E-state index in [1.165, 1.54) is 30.3 Å². The Morgan fingerprint density at radius 2 is 1.93 bits per heavy atom.